The Morgan fingerprint density at radius 2 is 2.00 bits per heavy atom. The molecular formula is C18H16N6O2S2. The molecule has 8 nitrogen and oxygen atoms in total. The zero-order chi connectivity index (χ0) is 19.7. The van der Waals surface area contributed by atoms with Gasteiger partial charge in [-0.1, -0.05) is 35.2 Å². The maximum absolute atomic E-state index is 12.3. The lowest BCUT2D eigenvalue weighted by Crippen LogP contribution is -2.15. The molecule has 0 aliphatic carbocycles. The summed E-state index contributed by atoms with van der Waals surface area (Å²) >= 11 is 2.73. The standard InChI is InChI=1S/C18H16N6O2S2/c1-23-9-11(7-8-15(23)26)16-21-22-18(24(16)2)27-10-14(25)20-17-19-12-5-3-4-6-13(12)28-17/h3-9H,10H2,1-2H3,(H,19,20,25). The highest BCUT2D eigenvalue weighted by Crippen LogP contribution is 2.26. The molecule has 0 aliphatic rings. The van der Waals surface area contributed by atoms with Gasteiger partial charge in [-0.2, -0.15) is 0 Å². The number of para-hydroxylation sites is 1. The van der Waals surface area contributed by atoms with Gasteiger partial charge >= 0.3 is 0 Å². The van der Waals surface area contributed by atoms with Gasteiger partial charge in [-0.25, -0.2) is 4.98 Å². The highest BCUT2D eigenvalue weighted by molar-refractivity contribution is 7.99. The fraction of sp³-hybridized carbons (Fsp3) is 0.167. The number of anilines is 1. The van der Waals surface area contributed by atoms with Gasteiger partial charge in [-0.3, -0.25) is 9.59 Å². The minimum absolute atomic E-state index is 0.0907. The van der Waals surface area contributed by atoms with E-state index in [0.29, 0.717) is 16.1 Å². The highest BCUT2D eigenvalue weighted by Gasteiger charge is 2.14. The molecule has 28 heavy (non-hydrogen) atoms. The number of aromatic nitrogens is 5. The van der Waals surface area contributed by atoms with Crippen LogP contribution in [0.2, 0.25) is 0 Å². The van der Waals surface area contributed by atoms with Crippen molar-refractivity contribution in [3.63, 3.8) is 0 Å². The van der Waals surface area contributed by atoms with E-state index in [-0.39, 0.29) is 17.2 Å². The van der Waals surface area contributed by atoms with Crippen molar-refractivity contribution < 1.29 is 4.79 Å². The van der Waals surface area contributed by atoms with Crippen LogP contribution in [0, 0.1) is 0 Å². The normalized spacial score (nSPS) is 11.1. The van der Waals surface area contributed by atoms with E-state index in [0.717, 1.165) is 15.8 Å². The summed E-state index contributed by atoms with van der Waals surface area (Å²) in [7, 11) is 3.51. The smallest absolute Gasteiger partial charge is 0.250 e. The first-order chi connectivity index (χ1) is 13.5. The summed E-state index contributed by atoms with van der Waals surface area (Å²) in [6, 6.07) is 10.9. The minimum atomic E-state index is -0.157. The SMILES string of the molecule is Cn1c(SCC(=O)Nc2nc3ccccc3s2)nnc1-c1ccc(=O)n(C)c1. The lowest BCUT2D eigenvalue weighted by molar-refractivity contribution is -0.113. The second-order valence-electron chi connectivity index (χ2n) is 6.06. The predicted molar refractivity (Wildman–Crippen MR) is 111 cm³/mol. The average Bonchev–Trinajstić information content (AvgIpc) is 3.25. The number of nitrogens with zero attached hydrogens (tertiary/aromatic N) is 5. The molecule has 3 heterocycles. The van der Waals surface area contributed by atoms with Crippen LogP contribution >= 0.6 is 23.1 Å². The number of thioether (sulfide) groups is 1. The van der Waals surface area contributed by atoms with Gasteiger partial charge in [0, 0.05) is 31.9 Å². The zero-order valence-electron chi connectivity index (χ0n) is 15.1. The summed E-state index contributed by atoms with van der Waals surface area (Å²) in [5.41, 5.74) is 1.56. The number of fused-ring (bicyclic) bond motifs is 1. The summed E-state index contributed by atoms with van der Waals surface area (Å²) in [5, 5.41) is 12.4. The Morgan fingerprint density at radius 3 is 2.79 bits per heavy atom. The fourth-order valence-electron chi connectivity index (χ4n) is 2.63. The molecule has 0 saturated heterocycles. The molecule has 0 atom stereocenters. The van der Waals surface area contributed by atoms with Crippen molar-refractivity contribution >= 4 is 44.4 Å². The van der Waals surface area contributed by atoms with Crippen molar-refractivity contribution in [3.05, 3.63) is 52.9 Å². The number of aryl methyl sites for hydroxylation is 1. The van der Waals surface area contributed by atoms with Crippen molar-refractivity contribution in [1.29, 1.82) is 0 Å². The molecule has 0 radical (unpaired) electrons. The minimum Gasteiger partial charge on any atom is -0.318 e. The average molecular weight is 413 g/mol. The number of carbonyl (C=O) groups is 1. The van der Waals surface area contributed by atoms with E-state index in [2.05, 4.69) is 20.5 Å². The van der Waals surface area contributed by atoms with E-state index in [1.165, 1.54) is 33.7 Å². The van der Waals surface area contributed by atoms with Gasteiger partial charge in [-0.15, -0.1) is 10.2 Å². The van der Waals surface area contributed by atoms with Crippen LogP contribution in [0.4, 0.5) is 5.13 Å². The molecule has 0 saturated carbocycles. The van der Waals surface area contributed by atoms with Crippen molar-refractivity contribution in [3.8, 4) is 11.4 Å². The lowest BCUT2D eigenvalue weighted by atomic mass is 10.2. The monoisotopic (exact) mass is 412 g/mol. The van der Waals surface area contributed by atoms with Crippen LogP contribution in [0.5, 0.6) is 0 Å². The van der Waals surface area contributed by atoms with Gasteiger partial charge in [0.25, 0.3) is 0 Å². The second kappa shape index (κ2) is 7.56. The number of benzene rings is 1. The summed E-state index contributed by atoms with van der Waals surface area (Å²) in [4.78, 5) is 28.2. The largest absolute Gasteiger partial charge is 0.318 e. The first-order valence-corrected chi connectivity index (χ1v) is 10.2. The Balaban J connectivity index is 1.43. The Hall–Kier alpha value is -2.98. The van der Waals surface area contributed by atoms with E-state index in [4.69, 9.17) is 0 Å². The topological polar surface area (TPSA) is 94.7 Å². The van der Waals surface area contributed by atoms with Crippen molar-refractivity contribution in [1.82, 2.24) is 24.3 Å². The number of rotatable bonds is 5. The first-order valence-electron chi connectivity index (χ1n) is 8.36. The molecule has 3 aromatic heterocycles. The summed E-state index contributed by atoms with van der Waals surface area (Å²) in [6.07, 6.45) is 1.71. The third kappa shape index (κ3) is 3.69. The Kier molecular flexibility index (Phi) is 4.97. The van der Waals surface area contributed by atoms with Gasteiger partial charge in [0.1, 0.15) is 0 Å². The third-order valence-electron chi connectivity index (χ3n) is 4.05. The molecule has 0 aliphatic heterocycles. The van der Waals surface area contributed by atoms with Crippen molar-refractivity contribution in [2.75, 3.05) is 11.1 Å². The maximum Gasteiger partial charge on any atom is 0.250 e. The van der Waals surface area contributed by atoms with Crippen LogP contribution < -0.4 is 10.9 Å². The molecule has 4 aromatic rings. The molecular weight excluding hydrogens is 396 g/mol. The third-order valence-corrected chi connectivity index (χ3v) is 6.02. The van der Waals surface area contributed by atoms with Crippen LogP contribution in [-0.4, -0.2) is 36.0 Å². The zero-order valence-corrected chi connectivity index (χ0v) is 16.8. The van der Waals surface area contributed by atoms with Gasteiger partial charge in [0.2, 0.25) is 11.5 Å². The summed E-state index contributed by atoms with van der Waals surface area (Å²) in [5.74, 6) is 0.662. The van der Waals surface area contributed by atoms with E-state index in [9.17, 15) is 9.59 Å². The Labute approximate surface area is 168 Å². The molecule has 0 unspecified atom stereocenters. The van der Waals surface area contributed by atoms with Crippen LogP contribution in [0.1, 0.15) is 0 Å². The molecule has 4 rings (SSSR count). The van der Waals surface area contributed by atoms with Gasteiger partial charge in [0.15, 0.2) is 16.1 Å². The van der Waals surface area contributed by atoms with Crippen molar-refractivity contribution in [2.45, 2.75) is 5.16 Å². The van der Waals surface area contributed by atoms with Crippen LogP contribution in [-0.2, 0) is 18.9 Å². The van der Waals surface area contributed by atoms with Crippen LogP contribution in [0.15, 0.2) is 52.5 Å². The van der Waals surface area contributed by atoms with E-state index < -0.39 is 0 Å². The number of nitrogens with one attached hydrogen (secondary N) is 1. The second-order valence-corrected chi connectivity index (χ2v) is 8.03. The molecule has 0 fully saturated rings. The lowest BCUT2D eigenvalue weighted by Gasteiger charge is -2.05. The number of pyridine rings is 1. The predicted octanol–water partition coefficient (Wildman–Crippen LogP) is 2.52. The molecule has 0 bridgehead atoms. The number of thiazole rings is 1. The van der Waals surface area contributed by atoms with Crippen LogP contribution in [0.3, 0.4) is 0 Å². The Morgan fingerprint density at radius 1 is 1.18 bits per heavy atom. The molecule has 0 spiro atoms. The summed E-state index contributed by atoms with van der Waals surface area (Å²) in [6.45, 7) is 0. The quantitative estimate of drug-likeness (QED) is 0.506. The van der Waals surface area contributed by atoms with E-state index >= 15 is 0 Å². The highest BCUT2D eigenvalue weighted by atomic mass is 32.2. The molecule has 10 heteroatoms. The summed E-state index contributed by atoms with van der Waals surface area (Å²) < 4.78 is 4.32. The van der Waals surface area contributed by atoms with Crippen molar-refractivity contribution in [2.24, 2.45) is 14.1 Å². The number of carbonyl (C=O) groups excluding carboxylic acids is 1. The number of amides is 1. The number of hydrogen-bond acceptors (Lipinski definition) is 7. The maximum atomic E-state index is 12.3. The van der Waals surface area contributed by atoms with Gasteiger partial charge in [-0.05, 0) is 18.2 Å². The molecule has 1 amide bonds. The Bertz CT molecular complexity index is 1190. The molecule has 1 aromatic carbocycles. The van der Waals surface area contributed by atoms with Gasteiger partial charge < -0.3 is 14.5 Å². The molecule has 142 valence electrons. The van der Waals surface area contributed by atoms with E-state index in [1.807, 2.05) is 31.3 Å². The van der Waals surface area contributed by atoms with Crippen LogP contribution in [0.25, 0.3) is 21.6 Å². The molecule has 1 N–H and O–H groups in total. The van der Waals surface area contributed by atoms with E-state index in [1.54, 1.807) is 23.9 Å². The first kappa shape index (κ1) is 18.4. The number of hydrogen-bond donors (Lipinski definition) is 1. The fourth-order valence-corrected chi connectivity index (χ4v) is 4.22. The van der Waals surface area contributed by atoms with Gasteiger partial charge in [0.05, 0.1) is 16.0 Å².